The van der Waals surface area contributed by atoms with E-state index in [0.717, 1.165) is 0 Å². The van der Waals surface area contributed by atoms with Gasteiger partial charge in [0.05, 0.1) is 6.61 Å². The molecule has 35 heavy (non-hydrogen) atoms. The third kappa shape index (κ3) is 9.40. The van der Waals surface area contributed by atoms with Crippen LogP contribution in [0.2, 0.25) is 0 Å². The van der Waals surface area contributed by atoms with Gasteiger partial charge in [0.15, 0.2) is 18.2 Å². The Bertz CT molecular complexity index is 1070. The van der Waals surface area contributed by atoms with E-state index >= 15 is 0 Å². The summed E-state index contributed by atoms with van der Waals surface area (Å²) in [7, 11) is 0. The first kappa shape index (κ1) is 27.2. The normalized spacial score (nSPS) is 10.7. The SMILES string of the molecule is CCOC(=O)COc1ccc(C(=O)CCC(=O)c2ccc(C(=N)NC(=O)OC(C)(C)C)cc2)cc1. The van der Waals surface area contributed by atoms with E-state index in [4.69, 9.17) is 19.6 Å². The Labute approximate surface area is 204 Å². The Kier molecular flexibility index (Phi) is 9.69. The third-order valence-electron chi connectivity index (χ3n) is 4.54. The van der Waals surface area contributed by atoms with Crippen molar-refractivity contribution in [3.63, 3.8) is 0 Å². The van der Waals surface area contributed by atoms with Crippen LogP contribution in [-0.2, 0) is 14.3 Å². The van der Waals surface area contributed by atoms with Crippen LogP contribution in [0.25, 0.3) is 0 Å². The number of amidine groups is 1. The number of benzene rings is 2. The molecule has 0 aliphatic heterocycles. The van der Waals surface area contributed by atoms with Crippen LogP contribution in [0.5, 0.6) is 5.75 Å². The standard InChI is InChI=1S/C26H30N2O7/c1-5-33-23(31)16-34-20-12-10-18(11-13-20)22(30)15-14-21(29)17-6-8-19(9-7-17)24(27)28-25(32)35-26(2,3)4/h6-13H,5,14-16H2,1-4H3,(H2,27,28,32). The number of amides is 1. The Morgan fingerprint density at radius 3 is 1.80 bits per heavy atom. The molecule has 186 valence electrons. The fraction of sp³-hybridized carbons (Fsp3) is 0.346. The number of nitrogens with one attached hydrogen (secondary N) is 2. The maximum Gasteiger partial charge on any atom is 0.413 e. The highest BCUT2D eigenvalue weighted by Gasteiger charge is 2.18. The van der Waals surface area contributed by atoms with Crippen LogP contribution in [-0.4, -0.2) is 48.3 Å². The molecule has 9 nitrogen and oxygen atoms in total. The molecule has 2 aromatic carbocycles. The number of esters is 1. The third-order valence-corrected chi connectivity index (χ3v) is 4.54. The van der Waals surface area contributed by atoms with Crippen LogP contribution in [0.1, 0.15) is 66.8 Å². The van der Waals surface area contributed by atoms with Gasteiger partial charge in [-0.05, 0) is 52.0 Å². The van der Waals surface area contributed by atoms with E-state index in [0.29, 0.717) is 22.4 Å². The minimum absolute atomic E-state index is 0.0207. The Morgan fingerprint density at radius 2 is 1.31 bits per heavy atom. The zero-order valence-corrected chi connectivity index (χ0v) is 20.3. The minimum Gasteiger partial charge on any atom is -0.482 e. The highest BCUT2D eigenvalue weighted by Crippen LogP contribution is 2.16. The fourth-order valence-corrected chi connectivity index (χ4v) is 2.90. The summed E-state index contributed by atoms with van der Waals surface area (Å²) in [6, 6.07) is 12.5. The van der Waals surface area contributed by atoms with Crippen LogP contribution < -0.4 is 10.1 Å². The predicted molar refractivity (Wildman–Crippen MR) is 129 cm³/mol. The van der Waals surface area contributed by atoms with E-state index in [2.05, 4.69) is 5.32 Å². The average Bonchev–Trinajstić information content (AvgIpc) is 2.80. The van der Waals surface area contributed by atoms with E-state index < -0.39 is 17.7 Å². The first-order valence-corrected chi connectivity index (χ1v) is 11.1. The van der Waals surface area contributed by atoms with Crippen LogP contribution in [0.3, 0.4) is 0 Å². The number of alkyl carbamates (subject to hydrolysis) is 1. The molecule has 0 bridgehead atoms. The maximum atomic E-state index is 12.5. The lowest BCUT2D eigenvalue weighted by molar-refractivity contribution is -0.145. The van der Waals surface area contributed by atoms with Gasteiger partial charge in [-0.1, -0.05) is 24.3 Å². The molecule has 0 fully saturated rings. The second-order valence-electron chi connectivity index (χ2n) is 8.54. The lowest BCUT2D eigenvalue weighted by Gasteiger charge is -2.19. The largest absolute Gasteiger partial charge is 0.482 e. The lowest BCUT2D eigenvalue weighted by atomic mass is 10.0. The highest BCUT2D eigenvalue weighted by atomic mass is 16.6. The summed E-state index contributed by atoms with van der Waals surface area (Å²) in [4.78, 5) is 48.1. The second kappa shape index (κ2) is 12.5. The van der Waals surface area contributed by atoms with Crippen LogP contribution in [0.4, 0.5) is 4.79 Å². The van der Waals surface area contributed by atoms with Gasteiger partial charge < -0.3 is 14.2 Å². The van der Waals surface area contributed by atoms with Crippen molar-refractivity contribution >= 4 is 29.5 Å². The van der Waals surface area contributed by atoms with E-state index in [1.807, 2.05) is 0 Å². The summed E-state index contributed by atoms with van der Waals surface area (Å²) in [6.45, 7) is 6.92. The van der Waals surface area contributed by atoms with Crippen molar-refractivity contribution in [2.75, 3.05) is 13.2 Å². The number of ether oxygens (including phenoxy) is 3. The van der Waals surface area contributed by atoms with Crippen molar-refractivity contribution < 1.29 is 33.4 Å². The molecule has 2 N–H and O–H groups in total. The van der Waals surface area contributed by atoms with E-state index in [-0.39, 0.29) is 43.5 Å². The average molecular weight is 483 g/mol. The monoisotopic (exact) mass is 482 g/mol. The second-order valence-corrected chi connectivity index (χ2v) is 8.54. The molecule has 0 aliphatic rings. The summed E-state index contributed by atoms with van der Waals surface area (Å²) in [5.41, 5.74) is 0.555. The van der Waals surface area contributed by atoms with Gasteiger partial charge in [0, 0.05) is 29.5 Å². The first-order chi connectivity index (χ1) is 16.5. The maximum absolute atomic E-state index is 12.5. The quantitative estimate of drug-likeness (QED) is 0.223. The number of hydrogen-bond donors (Lipinski definition) is 2. The molecule has 0 saturated carbocycles. The van der Waals surface area contributed by atoms with Gasteiger partial charge in [0.1, 0.15) is 17.2 Å². The van der Waals surface area contributed by atoms with Crippen LogP contribution >= 0.6 is 0 Å². The number of carbonyl (C=O) groups excluding carboxylic acids is 4. The smallest absolute Gasteiger partial charge is 0.413 e. The zero-order chi connectivity index (χ0) is 26.0. The van der Waals surface area contributed by atoms with Crippen molar-refractivity contribution in [3.8, 4) is 5.75 Å². The minimum atomic E-state index is -0.736. The molecule has 0 heterocycles. The molecule has 0 unspecified atom stereocenters. The topological polar surface area (TPSA) is 132 Å². The molecule has 0 saturated heterocycles. The molecule has 1 amide bonds. The number of Topliss-reactive ketones (excluding diaryl/α,β-unsaturated/α-hetero) is 2. The fourth-order valence-electron chi connectivity index (χ4n) is 2.90. The molecule has 0 radical (unpaired) electrons. The molecule has 0 aliphatic carbocycles. The Hall–Kier alpha value is -4.01. The van der Waals surface area contributed by atoms with Crippen molar-refractivity contribution in [2.45, 2.75) is 46.1 Å². The Balaban J connectivity index is 1.85. The first-order valence-electron chi connectivity index (χ1n) is 11.1. The van der Waals surface area contributed by atoms with Crippen LogP contribution in [0.15, 0.2) is 48.5 Å². The van der Waals surface area contributed by atoms with Gasteiger partial charge in [-0.15, -0.1) is 0 Å². The molecule has 0 aromatic heterocycles. The van der Waals surface area contributed by atoms with Gasteiger partial charge in [0.2, 0.25) is 0 Å². The summed E-state index contributed by atoms with van der Waals surface area (Å²) in [5, 5.41) is 10.3. The molecular weight excluding hydrogens is 452 g/mol. The molecule has 2 rings (SSSR count). The van der Waals surface area contributed by atoms with Gasteiger partial charge in [-0.2, -0.15) is 0 Å². The van der Waals surface area contributed by atoms with Crippen molar-refractivity contribution in [1.29, 1.82) is 5.41 Å². The molecule has 9 heteroatoms. The number of carbonyl (C=O) groups is 4. The zero-order valence-electron chi connectivity index (χ0n) is 20.3. The van der Waals surface area contributed by atoms with E-state index in [1.54, 1.807) is 76.2 Å². The van der Waals surface area contributed by atoms with Crippen molar-refractivity contribution in [2.24, 2.45) is 0 Å². The number of rotatable bonds is 10. The highest BCUT2D eigenvalue weighted by molar-refractivity contribution is 6.06. The van der Waals surface area contributed by atoms with Crippen molar-refractivity contribution in [1.82, 2.24) is 5.32 Å². The van der Waals surface area contributed by atoms with E-state index in [1.165, 1.54) is 0 Å². The molecule has 0 spiro atoms. The summed E-state index contributed by atoms with van der Waals surface area (Å²) < 4.78 is 15.2. The molecule has 0 atom stereocenters. The van der Waals surface area contributed by atoms with Crippen LogP contribution in [0, 0.1) is 5.41 Å². The number of hydrogen-bond acceptors (Lipinski definition) is 8. The van der Waals surface area contributed by atoms with E-state index in [9.17, 15) is 19.2 Å². The van der Waals surface area contributed by atoms with Gasteiger partial charge in [-0.25, -0.2) is 9.59 Å². The van der Waals surface area contributed by atoms with Crippen molar-refractivity contribution in [3.05, 3.63) is 65.2 Å². The summed E-state index contributed by atoms with van der Waals surface area (Å²) in [6.07, 6.45) is -0.688. The molecular formula is C26H30N2O7. The lowest BCUT2D eigenvalue weighted by Crippen LogP contribution is -2.36. The Morgan fingerprint density at radius 1 is 0.829 bits per heavy atom. The summed E-state index contributed by atoms with van der Waals surface area (Å²) >= 11 is 0. The molecule has 2 aromatic rings. The van der Waals surface area contributed by atoms with Gasteiger partial charge in [0.25, 0.3) is 0 Å². The van der Waals surface area contributed by atoms with Gasteiger partial charge in [-0.3, -0.25) is 20.3 Å². The van der Waals surface area contributed by atoms with Gasteiger partial charge >= 0.3 is 12.1 Å². The summed E-state index contributed by atoms with van der Waals surface area (Å²) in [5.74, 6) is -0.614. The predicted octanol–water partition coefficient (Wildman–Crippen LogP) is 4.32. The number of ketones is 2.